The molecule has 6 heteroatoms. The number of esters is 1. The van der Waals surface area contributed by atoms with Gasteiger partial charge in [0.15, 0.2) is 6.67 Å². The second kappa shape index (κ2) is 6.64. The van der Waals surface area contributed by atoms with Crippen LogP contribution in [0.25, 0.3) is 0 Å². The van der Waals surface area contributed by atoms with Gasteiger partial charge in [0.1, 0.15) is 0 Å². The van der Waals surface area contributed by atoms with Crippen LogP contribution < -0.4 is 0 Å². The van der Waals surface area contributed by atoms with Crippen molar-refractivity contribution in [1.29, 1.82) is 0 Å². The lowest BCUT2D eigenvalue weighted by Gasteiger charge is -1.97. The van der Waals surface area contributed by atoms with E-state index in [1.165, 1.54) is 0 Å². The number of hydrogen-bond donors (Lipinski definition) is 1. The minimum Gasteiger partial charge on any atom is -0.466 e. The van der Waals surface area contributed by atoms with Crippen LogP contribution in [0.4, 0.5) is 13.2 Å². The summed E-state index contributed by atoms with van der Waals surface area (Å²) in [5.41, 5.74) is 0. The molecule has 0 aromatic rings. The maximum atomic E-state index is 10.6. The molecule has 1 aliphatic heterocycles. The highest BCUT2D eigenvalue weighted by atomic mass is 19.3. The van der Waals surface area contributed by atoms with Crippen LogP contribution in [0, 0.1) is 0 Å². The first-order valence-electron chi connectivity index (χ1n) is 4.27. The second-order valence-electron chi connectivity index (χ2n) is 2.83. The van der Waals surface area contributed by atoms with E-state index in [9.17, 15) is 18.0 Å². The summed E-state index contributed by atoms with van der Waals surface area (Å²) in [4.78, 5) is 10.5. The van der Waals surface area contributed by atoms with Crippen molar-refractivity contribution in [3.63, 3.8) is 0 Å². The van der Waals surface area contributed by atoms with Gasteiger partial charge in [-0.05, 0) is 19.3 Å². The highest BCUT2D eigenvalue weighted by Gasteiger charge is 2.22. The van der Waals surface area contributed by atoms with Crippen LogP contribution >= 0.6 is 0 Å². The number of halogens is 3. The Kier molecular flexibility index (Phi) is 6.27. The number of carbonyl (C=O) groups excluding carboxylic acids is 1. The number of cyclic esters (lactones) is 1. The van der Waals surface area contributed by atoms with Gasteiger partial charge in [-0.1, -0.05) is 0 Å². The molecule has 0 saturated carbocycles. The number of alkyl halides is 3. The van der Waals surface area contributed by atoms with Gasteiger partial charge in [0.05, 0.1) is 6.61 Å². The van der Waals surface area contributed by atoms with E-state index in [1.807, 2.05) is 0 Å². The topological polar surface area (TPSA) is 46.5 Å². The van der Waals surface area contributed by atoms with Gasteiger partial charge < -0.3 is 9.84 Å². The van der Waals surface area contributed by atoms with Gasteiger partial charge in [0.2, 0.25) is 0 Å². The quantitative estimate of drug-likeness (QED) is 0.675. The zero-order valence-electron chi connectivity index (χ0n) is 7.64. The molecule has 0 aromatic carbocycles. The highest BCUT2D eigenvalue weighted by molar-refractivity contribution is 5.69. The van der Waals surface area contributed by atoms with Crippen molar-refractivity contribution in [2.75, 3.05) is 13.3 Å². The number of carbonyl (C=O) groups is 1. The average molecular weight is 214 g/mol. The zero-order valence-corrected chi connectivity index (χ0v) is 7.64. The molecule has 1 fully saturated rings. The van der Waals surface area contributed by atoms with Gasteiger partial charge >= 0.3 is 12.1 Å². The summed E-state index contributed by atoms with van der Waals surface area (Å²) in [6.45, 7) is -1.37. The molecule has 0 unspecified atom stereocenters. The summed E-state index contributed by atoms with van der Waals surface area (Å²) in [7, 11) is 0. The van der Waals surface area contributed by atoms with Gasteiger partial charge in [0, 0.05) is 6.42 Å². The number of aliphatic hydroxyl groups is 1. The Morgan fingerprint density at radius 1 is 1.36 bits per heavy atom. The first-order chi connectivity index (χ1) is 6.45. The lowest BCUT2D eigenvalue weighted by molar-refractivity contribution is -0.208. The number of ether oxygens (including phenoxy) is 1. The van der Waals surface area contributed by atoms with Crippen molar-refractivity contribution < 1.29 is 27.8 Å². The fourth-order valence-electron chi connectivity index (χ4n) is 0.806. The first-order valence-corrected chi connectivity index (χ1v) is 4.27. The van der Waals surface area contributed by atoms with Crippen LogP contribution in [-0.4, -0.2) is 30.5 Å². The predicted octanol–water partition coefficient (Wildman–Crippen LogP) is 1.64. The van der Waals surface area contributed by atoms with E-state index in [0.29, 0.717) is 13.0 Å². The molecule has 1 N–H and O–H groups in total. The number of rotatable bonds is 1. The Labute approximate surface area is 79.9 Å². The molecule has 1 rings (SSSR count). The molecule has 0 spiro atoms. The molecule has 0 aromatic heterocycles. The minimum absolute atomic E-state index is 0.0255. The summed E-state index contributed by atoms with van der Waals surface area (Å²) in [5.74, 6) is -0.0255. The van der Waals surface area contributed by atoms with Crippen LogP contribution in [0.2, 0.25) is 0 Å². The molecular weight excluding hydrogens is 201 g/mol. The van der Waals surface area contributed by atoms with Crippen LogP contribution in [-0.2, 0) is 9.53 Å². The van der Waals surface area contributed by atoms with E-state index in [1.54, 1.807) is 0 Å². The van der Waals surface area contributed by atoms with E-state index in [2.05, 4.69) is 0 Å². The summed E-state index contributed by atoms with van der Waals surface area (Å²) in [6, 6.07) is 0. The monoisotopic (exact) mass is 214 g/mol. The third-order valence-corrected chi connectivity index (χ3v) is 1.45. The van der Waals surface area contributed by atoms with Crippen LogP contribution in [0.15, 0.2) is 0 Å². The fraction of sp³-hybridized carbons (Fsp3) is 0.875. The van der Waals surface area contributed by atoms with Crippen LogP contribution in [0.5, 0.6) is 0 Å². The molecule has 1 saturated heterocycles. The summed E-state index contributed by atoms with van der Waals surface area (Å²) in [6.07, 6.45) is -0.295. The molecule has 0 aliphatic carbocycles. The third-order valence-electron chi connectivity index (χ3n) is 1.45. The average Bonchev–Trinajstić information content (AvgIpc) is 2.32. The third kappa shape index (κ3) is 9.31. The predicted molar refractivity (Wildman–Crippen MR) is 42.6 cm³/mol. The lowest BCUT2D eigenvalue weighted by atomic mass is 10.2. The molecule has 0 bridgehead atoms. The zero-order chi connectivity index (χ0) is 11.0. The van der Waals surface area contributed by atoms with Gasteiger partial charge in [-0.15, -0.1) is 0 Å². The van der Waals surface area contributed by atoms with E-state index >= 15 is 0 Å². The molecule has 0 amide bonds. The molecule has 0 atom stereocenters. The van der Waals surface area contributed by atoms with E-state index in [4.69, 9.17) is 9.84 Å². The SMILES string of the molecule is O=C1CCCCCO1.OC(F)(F)CF. The van der Waals surface area contributed by atoms with Crippen molar-refractivity contribution in [1.82, 2.24) is 0 Å². The van der Waals surface area contributed by atoms with Gasteiger partial charge in [-0.25, -0.2) is 4.39 Å². The van der Waals surface area contributed by atoms with Crippen molar-refractivity contribution in [2.24, 2.45) is 0 Å². The van der Waals surface area contributed by atoms with E-state index in [0.717, 1.165) is 19.3 Å². The van der Waals surface area contributed by atoms with E-state index in [-0.39, 0.29) is 5.97 Å². The van der Waals surface area contributed by atoms with Gasteiger partial charge in [-0.3, -0.25) is 4.79 Å². The van der Waals surface area contributed by atoms with Crippen molar-refractivity contribution in [3.8, 4) is 0 Å². The summed E-state index contributed by atoms with van der Waals surface area (Å²) in [5, 5.41) is 7.12. The van der Waals surface area contributed by atoms with Gasteiger partial charge in [0.25, 0.3) is 0 Å². The first kappa shape index (κ1) is 13.2. The second-order valence-corrected chi connectivity index (χ2v) is 2.83. The molecule has 0 radical (unpaired) electrons. The highest BCUT2D eigenvalue weighted by Crippen LogP contribution is 2.06. The molecule has 84 valence electrons. The maximum Gasteiger partial charge on any atom is 0.381 e. The Morgan fingerprint density at radius 3 is 2.43 bits per heavy atom. The smallest absolute Gasteiger partial charge is 0.381 e. The van der Waals surface area contributed by atoms with Crippen LogP contribution in [0.1, 0.15) is 25.7 Å². The van der Waals surface area contributed by atoms with Crippen molar-refractivity contribution in [3.05, 3.63) is 0 Å². The minimum atomic E-state index is -4.12. The largest absolute Gasteiger partial charge is 0.466 e. The van der Waals surface area contributed by atoms with Crippen molar-refractivity contribution in [2.45, 2.75) is 31.8 Å². The molecule has 3 nitrogen and oxygen atoms in total. The Balaban J connectivity index is 0.000000255. The number of hydrogen-bond acceptors (Lipinski definition) is 3. The normalized spacial score (nSPS) is 17.6. The molecular formula is C8H13F3O3. The van der Waals surface area contributed by atoms with Crippen molar-refractivity contribution >= 4 is 5.97 Å². The Bertz CT molecular complexity index is 158. The van der Waals surface area contributed by atoms with E-state index < -0.39 is 12.8 Å². The van der Waals surface area contributed by atoms with Gasteiger partial charge in [-0.2, -0.15) is 8.78 Å². The summed E-state index contributed by atoms with van der Waals surface area (Å²) >= 11 is 0. The van der Waals surface area contributed by atoms with Crippen LogP contribution in [0.3, 0.4) is 0 Å². The molecule has 1 aliphatic rings. The Hall–Kier alpha value is -0.780. The Morgan fingerprint density at radius 2 is 1.93 bits per heavy atom. The lowest BCUT2D eigenvalue weighted by Crippen LogP contribution is -2.15. The molecule has 1 heterocycles. The fourth-order valence-corrected chi connectivity index (χ4v) is 0.806. The molecule has 14 heavy (non-hydrogen) atoms. The summed E-state index contributed by atoms with van der Waals surface area (Å²) < 4.78 is 36.5. The standard InChI is InChI=1S/C6H10O2.C2H3F3O/c7-6-4-2-1-3-5-8-6;3-1-2(4,5)6/h1-5H2;6H,1H2. The maximum absolute atomic E-state index is 10.6.